The van der Waals surface area contributed by atoms with Crippen molar-refractivity contribution in [3.63, 3.8) is 0 Å². The normalized spacial score (nSPS) is 10.4. The van der Waals surface area contributed by atoms with Gasteiger partial charge in [0.15, 0.2) is 5.11 Å². The van der Waals surface area contributed by atoms with Gasteiger partial charge in [0.1, 0.15) is 0 Å². The van der Waals surface area contributed by atoms with E-state index in [9.17, 15) is 0 Å². The summed E-state index contributed by atoms with van der Waals surface area (Å²) in [6.45, 7) is 4.91. The van der Waals surface area contributed by atoms with Crippen LogP contribution in [-0.4, -0.2) is 11.7 Å². The first-order chi connectivity index (χ1) is 10.5. The topological polar surface area (TPSA) is 24.1 Å². The third-order valence-corrected chi connectivity index (χ3v) is 4.43. The Morgan fingerprint density at radius 2 is 1.77 bits per heavy atom. The molecule has 2 aromatic rings. The summed E-state index contributed by atoms with van der Waals surface area (Å²) < 4.78 is 0. The minimum atomic E-state index is 0.574. The molecule has 0 radical (unpaired) electrons. The Balaban J connectivity index is 1.82. The van der Waals surface area contributed by atoms with Gasteiger partial charge < -0.3 is 10.6 Å². The number of halogens is 2. The van der Waals surface area contributed by atoms with Gasteiger partial charge in [0.25, 0.3) is 0 Å². The summed E-state index contributed by atoms with van der Waals surface area (Å²) in [7, 11) is 0. The van der Waals surface area contributed by atoms with Crippen molar-refractivity contribution in [2.24, 2.45) is 0 Å². The van der Waals surface area contributed by atoms with Crippen molar-refractivity contribution in [3.05, 3.63) is 63.1 Å². The molecule has 0 fully saturated rings. The molecule has 0 amide bonds. The molecular weight excluding hydrogens is 335 g/mol. The van der Waals surface area contributed by atoms with Crippen LogP contribution in [0.5, 0.6) is 0 Å². The van der Waals surface area contributed by atoms with Crippen molar-refractivity contribution in [2.45, 2.75) is 20.3 Å². The van der Waals surface area contributed by atoms with Gasteiger partial charge in [0.2, 0.25) is 0 Å². The first-order valence-corrected chi connectivity index (χ1v) is 8.18. The van der Waals surface area contributed by atoms with Gasteiger partial charge in [-0.05, 0) is 73.4 Å². The lowest BCUT2D eigenvalue weighted by atomic mass is 10.1. The van der Waals surface area contributed by atoms with Crippen LogP contribution in [0.15, 0.2) is 36.4 Å². The molecule has 2 rings (SSSR count). The van der Waals surface area contributed by atoms with Crippen LogP contribution in [0.3, 0.4) is 0 Å². The summed E-state index contributed by atoms with van der Waals surface area (Å²) in [4.78, 5) is 0. The van der Waals surface area contributed by atoms with E-state index in [-0.39, 0.29) is 0 Å². The van der Waals surface area contributed by atoms with E-state index in [0.29, 0.717) is 15.2 Å². The number of nitrogens with one attached hydrogen (secondary N) is 2. The number of hydrogen-bond acceptors (Lipinski definition) is 1. The fraction of sp³-hybridized carbons (Fsp3) is 0.235. The molecule has 0 heterocycles. The first-order valence-electron chi connectivity index (χ1n) is 7.02. The summed E-state index contributed by atoms with van der Waals surface area (Å²) in [6.07, 6.45) is 0.825. The quantitative estimate of drug-likeness (QED) is 0.745. The number of anilines is 1. The van der Waals surface area contributed by atoms with Gasteiger partial charge in [-0.1, -0.05) is 35.3 Å². The molecule has 0 aliphatic rings. The maximum atomic E-state index is 6.00. The molecule has 0 saturated heterocycles. The van der Waals surface area contributed by atoms with Crippen molar-refractivity contribution >= 4 is 46.2 Å². The lowest BCUT2D eigenvalue weighted by molar-refractivity contribution is 0.873. The van der Waals surface area contributed by atoms with E-state index in [1.54, 1.807) is 0 Å². The molecule has 2 nitrogen and oxygen atoms in total. The molecule has 0 bridgehead atoms. The first kappa shape index (κ1) is 17.1. The van der Waals surface area contributed by atoms with Gasteiger partial charge in [-0.25, -0.2) is 0 Å². The van der Waals surface area contributed by atoms with Gasteiger partial charge in [-0.2, -0.15) is 0 Å². The standard InChI is InChI=1S/C17H18Cl2N2S/c1-11-3-5-14(9-12(11)2)21-17(22)20-8-7-13-4-6-15(18)16(19)10-13/h3-6,9-10H,7-8H2,1-2H3,(H2,20,21,22). The van der Waals surface area contributed by atoms with E-state index in [0.717, 1.165) is 24.2 Å². The highest BCUT2D eigenvalue weighted by Gasteiger charge is 2.02. The number of rotatable bonds is 4. The largest absolute Gasteiger partial charge is 0.362 e. The van der Waals surface area contributed by atoms with Crippen LogP contribution in [0.25, 0.3) is 0 Å². The Morgan fingerprint density at radius 3 is 2.45 bits per heavy atom. The molecule has 0 aliphatic heterocycles. The Morgan fingerprint density at radius 1 is 1.00 bits per heavy atom. The zero-order chi connectivity index (χ0) is 16.1. The summed E-state index contributed by atoms with van der Waals surface area (Å²) in [6, 6.07) is 11.8. The molecule has 116 valence electrons. The smallest absolute Gasteiger partial charge is 0.170 e. The van der Waals surface area contributed by atoms with Crippen LogP contribution in [0, 0.1) is 13.8 Å². The molecule has 2 N–H and O–H groups in total. The third kappa shape index (κ3) is 4.87. The van der Waals surface area contributed by atoms with E-state index in [1.165, 1.54) is 11.1 Å². The van der Waals surface area contributed by atoms with Crippen molar-refractivity contribution in [1.29, 1.82) is 0 Å². The van der Waals surface area contributed by atoms with Crippen LogP contribution < -0.4 is 10.6 Å². The summed E-state index contributed by atoms with van der Waals surface area (Å²) in [5, 5.41) is 8.15. The Kier molecular flexibility index (Phi) is 6.07. The zero-order valence-corrected chi connectivity index (χ0v) is 14.9. The fourth-order valence-electron chi connectivity index (χ4n) is 2.01. The highest BCUT2D eigenvalue weighted by atomic mass is 35.5. The van der Waals surface area contributed by atoms with Gasteiger partial charge in [0, 0.05) is 12.2 Å². The molecule has 0 unspecified atom stereocenters. The van der Waals surface area contributed by atoms with Crippen molar-refractivity contribution in [3.8, 4) is 0 Å². The van der Waals surface area contributed by atoms with Gasteiger partial charge in [0.05, 0.1) is 10.0 Å². The summed E-state index contributed by atoms with van der Waals surface area (Å²) >= 11 is 17.2. The molecule has 0 aromatic heterocycles. The molecule has 0 atom stereocenters. The van der Waals surface area contributed by atoms with Crippen LogP contribution in [-0.2, 0) is 6.42 Å². The Labute approximate surface area is 146 Å². The highest BCUT2D eigenvalue weighted by molar-refractivity contribution is 7.80. The number of thiocarbonyl (C=S) groups is 1. The van der Waals surface area contributed by atoms with Gasteiger partial charge >= 0.3 is 0 Å². The summed E-state index contributed by atoms with van der Waals surface area (Å²) in [5.41, 5.74) is 4.62. The van der Waals surface area contributed by atoms with Gasteiger partial charge in [-0.3, -0.25) is 0 Å². The predicted molar refractivity (Wildman–Crippen MR) is 100 cm³/mol. The molecular formula is C17H18Cl2N2S. The average molecular weight is 353 g/mol. The second kappa shape index (κ2) is 7.82. The zero-order valence-electron chi connectivity index (χ0n) is 12.5. The molecule has 2 aromatic carbocycles. The van der Waals surface area contributed by atoms with E-state index in [1.807, 2.05) is 24.3 Å². The Bertz CT molecular complexity index is 686. The fourth-order valence-corrected chi connectivity index (χ4v) is 2.55. The SMILES string of the molecule is Cc1ccc(NC(=S)NCCc2ccc(Cl)c(Cl)c2)cc1C. The molecule has 0 aliphatic carbocycles. The van der Waals surface area contributed by atoms with Crippen molar-refractivity contribution < 1.29 is 0 Å². The van der Waals surface area contributed by atoms with Crippen LogP contribution in [0.1, 0.15) is 16.7 Å². The van der Waals surface area contributed by atoms with Crippen molar-refractivity contribution in [1.82, 2.24) is 5.32 Å². The predicted octanol–water partition coefficient (Wildman–Crippen LogP) is 5.14. The number of aryl methyl sites for hydroxylation is 2. The third-order valence-electron chi connectivity index (χ3n) is 3.45. The van der Waals surface area contributed by atoms with Crippen LogP contribution in [0.4, 0.5) is 5.69 Å². The maximum absolute atomic E-state index is 6.00. The lowest BCUT2D eigenvalue weighted by Crippen LogP contribution is -2.30. The van der Waals surface area contributed by atoms with Crippen LogP contribution >= 0.6 is 35.4 Å². The van der Waals surface area contributed by atoms with E-state index >= 15 is 0 Å². The molecule has 0 saturated carbocycles. The summed E-state index contributed by atoms with van der Waals surface area (Å²) in [5.74, 6) is 0. The molecule has 5 heteroatoms. The highest BCUT2D eigenvalue weighted by Crippen LogP contribution is 2.22. The van der Waals surface area contributed by atoms with Gasteiger partial charge in [-0.15, -0.1) is 0 Å². The minimum Gasteiger partial charge on any atom is -0.362 e. The second-order valence-electron chi connectivity index (χ2n) is 5.18. The van der Waals surface area contributed by atoms with Crippen molar-refractivity contribution in [2.75, 3.05) is 11.9 Å². The average Bonchev–Trinajstić information content (AvgIpc) is 2.47. The molecule has 22 heavy (non-hydrogen) atoms. The minimum absolute atomic E-state index is 0.574. The number of benzene rings is 2. The monoisotopic (exact) mass is 352 g/mol. The number of hydrogen-bond donors (Lipinski definition) is 2. The molecule has 0 spiro atoms. The van der Waals surface area contributed by atoms with E-state index < -0.39 is 0 Å². The van der Waals surface area contributed by atoms with Crippen LogP contribution in [0.2, 0.25) is 10.0 Å². The maximum Gasteiger partial charge on any atom is 0.170 e. The lowest BCUT2D eigenvalue weighted by Gasteiger charge is -2.12. The van der Waals surface area contributed by atoms with E-state index in [2.05, 4.69) is 36.6 Å². The Hall–Kier alpha value is -1.29. The second-order valence-corrected chi connectivity index (χ2v) is 6.40. The van der Waals surface area contributed by atoms with E-state index in [4.69, 9.17) is 35.4 Å².